The van der Waals surface area contributed by atoms with Gasteiger partial charge in [-0.2, -0.15) is 0 Å². The maximum absolute atomic E-state index is 13.6. The van der Waals surface area contributed by atoms with Crippen LogP contribution in [0.2, 0.25) is 0 Å². The standard InChI is InChI=1S/C18H19F2N3O/c19-14-7-4-8-15(20)17(14)23-16-10-9-13(11-21-16)22-18(24)12-5-2-1-3-6-12/h4,7-12H,1-3,5-6H2,(H,21,23)(H,22,24). The lowest BCUT2D eigenvalue weighted by atomic mass is 9.88. The second-order valence-electron chi connectivity index (χ2n) is 5.98. The van der Waals surface area contributed by atoms with Gasteiger partial charge in [0.1, 0.15) is 23.1 Å². The SMILES string of the molecule is O=C(Nc1ccc(Nc2c(F)cccc2F)nc1)C1CCCCC1. The predicted octanol–water partition coefficient (Wildman–Crippen LogP) is 4.62. The van der Waals surface area contributed by atoms with Gasteiger partial charge in [-0.05, 0) is 37.1 Å². The number of hydrogen-bond donors (Lipinski definition) is 2. The fraction of sp³-hybridized carbons (Fsp3) is 0.333. The number of aromatic nitrogens is 1. The Kier molecular flexibility index (Phi) is 5.03. The number of carbonyl (C=O) groups is 1. The normalized spacial score (nSPS) is 15.1. The van der Waals surface area contributed by atoms with Crippen molar-refractivity contribution in [1.29, 1.82) is 0 Å². The van der Waals surface area contributed by atoms with Crippen LogP contribution in [0, 0.1) is 17.6 Å². The Morgan fingerprint density at radius 3 is 2.38 bits per heavy atom. The van der Waals surface area contributed by atoms with Gasteiger partial charge in [0, 0.05) is 5.92 Å². The van der Waals surface area contributed by atoms with Gasteiger partial charge in [0.2, 0.25) is 5.91 Å². The van der Waals surface area contributed by atoms with E-state index in [1.807, 2.05) is 0 Å². The number of benzene rings is 1. The van der Waals surface area contributed by atoms with Crippen molar-refractivity contribution in [3.63, 3.8) is 0 Å². The predicted molar refractivity (Wildman–Crippen MR) is 89.1 cm³/mol. The summed E-state index contributed by atoms with van der Waals surface area (Å²) in [6.07, 6.45) is 6.69. The largest absolute Gasteiger partial charge is 0.335 e. The summed E-state index contributed by atoms with van der Waals surface area (Å²) in [5.74, 6) is -1.01. The van der Waals surface area contributed by atoms with Gasteiger partial charge in [-0.1, -0.05) is 25.3 Å². The molecule has 1 aliphatic carbocycles. The molecule has 1 aromatic carbocycles. The van der Waals surface area contributed by atoms with Crippen molar-refractivity contribution in [2.45, 2.75) is 32.1 Å². The van der Waals surface area contributed by atoms with Crippen LogP contribution in [0.25, 0.3) is 0 Å². The molecule has 24 heavy (non-hydrogen) atoms. The molecule has 0 spiro atoms. The third-order valence-electron chi connectivity index (χ3n) is 4.22. The second-order valence-corrected chi connectivity index (χ2v) is 5.98. The minimum Gasteiger partial charge on any atom is -0.335 e. The molecule has 2 N–H and O–H groups in total. The summed E-state index contributed by atoms with van der Waals surface area (Å²) in [5, 5.41) is 5.46. The Labute approximate surface area is 139 Å². The maximum Gasteiger partial charge on any atom is 0.227 e. The third kappa shape index (κ3) is 3.88. The first-order valence-electron chi connectivity index (χ1n) is 8.11. The van der Waals surface area contributed by atoms with E-state index in [0.717, 1.165) is 25.7 Å². The van der Waals surface area contributed by atoms with E-state index in [4.69, 9.17) is 0 Å². The zero-order valence-electron chi connectivity index (χ0n) is 13.2. The molecule has 0 atom stereocenters. The molecular formula is C18H19F2N3O. The first kappa shape index (κ1) is 16.4. The lowest BCUT2D eigenvalue weighted by molar-refractivity contribution is -0.120. The highest BCUT2D eigenvalue weighted by atomic mass is 19.1. The van der Waals surface area contributed by atoms with E-state index in [9.17, 15) is 13.6 Å². The molecule has 1 aromatic heterocycles. The summed E-state index contributed by atoms with van der Waals surface area (Å²) < 4.78 is 27.2. The van der Waals surface area contributed by atoms with E-state index in [-0.39, 0.29) is 17.5 Å². The average molecular weight is 331 g/mol. The molecule has 1 heterocycles. The summed E-state index contributed by atoms with van der Waals surface area (Å²) >= 11 is 0. The smallest absolute Gasteiger partial charge is 0.227 e. The number of carbonyl (C=O) groups excluding carboxylic acids is 1. The third-order valence-corrected chi connectivity index (χ3v) is 4.22. The number of nitrogens with one attached hydrogen (secondary N) is 2. The lowest BCUT2D eigenvalue weighted by Crippen LogP contribution is -2.24. The van der Waals surface area contributed by atoms with Crippen molar-refractivity contribution in [3.05, 3.63) is 48.2 Å². The number of pyridine rings is 1. The van der Waals surface area contributed by atoms with Crippen LogP contribution in [0.15, 0.2) is 36.5 Å². The summed E-state index contributed by atoms with van der Waals surface area (Å²) in [6.45, 7) is 0. The number of hydrogen-bond acceptors (Lipinski definition) is 3. The molecule has 1 fully saturated rings. The minimum atomic E-state index is -0.688. The van der Waals surface area contributed by atoms with Gasteiger partial charge in [-0.15, -0.1) is 0 Å². The minimum absolute atomic E-state index is 0.0114. The van der Waals surface area contributed by atoms with E-state index < -0.39 is 11.6 Å². The number of amides is 1. The zero-order valence-corrected chi connectivity index (χ0v) is 13.2. The Bertz CT molecular complexity index is 692. The van der Waals surface area contributed by atoms with Crippen molar-refractivity contribution in [3.8, 4) is 0 Å². The highest BCUT2D eigenvalue weighted by Gasteiger charge is 2.21. The van der Waals surface area contributed by atoms with Crippen molar-refractivity contribution in [2.75, 3.05) is 10.6 Å². The molecule has 3 rings (SSSR count). The Hall–Kier alpha value is -2.50. The highest BCUT2D eigenvalue weighted by Crippen LogP contribution is 2.26. The number of halogens is 2. The molecule has 0 bridgehead atoms. The Morgan fingerprint density at radius 1 is 1.04 bits per heavy atom. The van der Waals surface area contributed by atoms with E-state index in [0.29, 0.717) is 11.5 Å². The van der Waals surface area contributed by atoms with Gasteiger partial charge in [-0.25, -0.2) is 13.8 Å². The monoisotopic (exact) mass is 331 g/mol. The van der Waals surface area contributed by atoms with E-state index in [1.165, 1.54) is 30.8 Å². The first-order chi connectivity index (χ1) is 11.6. The van der Waals surface area contributed by atoms with Crippen molar-refractivity contribution in [1.82, 2.24) is 4.98 Å². The van der Waals surface area contributed by atoms with Crippen LogP contribution in [0.3, 0.4) is 0 Å². The molecule has 0 aliphatic heterocycles. The van der Waals surface area contributed by atoms with Crippen molar-refractivity contribution < 1.29 is 13.6 Å². The zero-order chi connectivity index (χ0) is 16.9. The summed E-state index contributed by atoms with van der Waals surface area (Å²) in [7, 11) is 0. The quantitative estimate of drug-likeness (QED) is 0.859. The number of para-hydroxylation sites is 1. The molecule has 2 aromatic rings. The van der Waals surface area contributed by atoms with E-state index >= 15 is 0 Å². The molecule has 4 nitrogen and oxygen atoms in total. The summed E-state index contributed by atoms with van der Waals surface area (Å²) in [4.78, 5) is 16.3. The number of anilines is 3. The van der Waals surface area contributed by atoms with Crippen molar-refractivity contribution in [2.24, 2.45) is 5.92 Å². The van der Waals surface area contributed by atoms with Crippen LogP contribution in [0.5, 0.6) is 0 Å². The lowest BCUT2D eigenvalue weighted by Gasteiger charge is -2.20. The molecule has 1 aliphatic rings. The van der Waals surface area contributed by atoms with Crippen LogP contribution in [0.4, 0.5) is 26.0 Å². The Balaban J connectivity index is 1.64. The van der Waals surface area contributed by atoms with Gasteiger partial charge < -0.3 is 10.6 Å². The number of rotatable bonds is 4. The Morgan fingerprint density at radius 2 is 1.75 bits per heavy atom. The molecule has 0 saturated heterocycles. The highest BCUT2D eigenvalue weighted by molar-refractivity contribution is 5.92. The van der Waals surface area contributed by atoms with Crippen molar-refractivity contribution >= 4 is 23.1 Å². The first-order valence-corrected chi connectivity index (χ1v) is 8.11. The molecule has 0 radical (unpaired) electrons. The van der Waals surface area contributed by atoms with Crippen LogP contribution in [-0.4, -0.2) is 10.9 Å². The molecule has 1 amide bonds. The van der Waals surface area contributed by atoms with Gasteiger partial charge in [-0.3, -0.25) is 4.79 Å². The fourth-order valence-electron chi connectivity index (χ4n) is 2.90. The molecular weight excluding hydrogens is 312 g/mol. The average Bonchev–Trinajstić information content (AvgIpc) is 2.60. The van der Waals surface area contributed by atoms with Gasteiger partial charge in [0.25, 0.3) is 0 Å². The second kappa shape index (κ2) is 7.38. The summed E-state index contributed by atoms with van der Waals surface area (Å²) in [5.41, 5.74) is 0.328. The van der Waals surface area contributed by atoms with E-state index in [1.54, 1.807) is 12.1 Å². The van der Waals surface area contributed by atoms with Crippen LogP contribution < -0.4 is 10.6 Å². The van der Waals surface area contributed by atoms with Gasteiger partial charge in [0.15, 0.2) is 0 Å². The molecule has 126 valence electrons. The fourth-order valence-corrected chi connectivity index (χ4v) is 2.90. The van der Waals surface area contributed by atoms with Gasteiger partial charge in [0.05, 0.1) is 11.9 Å². The molecule has 0 unspecified atom stereocenters. The molecule has 1 saturated carbocycles. The maximum atomic E-state index is 13.6. The van der Waals surface area contributed by atoms with Crippen LogP contribution in [-0.2, 0) is 4.79 Å². The molecule has 6 heteroatoms. The van der Waals surface area contributed by atoms with E-state index in [2.05, 4.69) is 15.6 Å². The van der Waals surface area contributed by atoms with Crippen LogP contribution in [0.1, 0.15) is 32.1 Å². The number of nitrogens with zero attached hydrogens (tertiary/aromatic N) is 1. The summed E-state index contributed by atoms with van der Waals surface area (Å²) in [6, 6.07) is 6.87. The topological polar surface area (TPSA) is 54.0 Å². The van der Waals surface area contributed by atoms with Gasteiger partial charge >= 0.3 is 0 Å². The van der Waals surface area contributed by atoms with Crippen LogP contribution >= 0.6 is 0 Å².